The van der Waals surface area contributed by atoms with E-state index >= 15 is 0 Å². The summed E-state index contributed by atoms with van der Waals surface area (Å²) in [7, 11) is 0. The van der Waals surface area contributed by atoms with Crippen LogP contribution < -0.4 is 5.73 Å². The van der Waals surface area contributed by atoms with Crippen molar-refractivity contribution < 1.29 is 4.74 Å². The van der Waals surface area contributed by atoms with Gasteiger partial charge in [0.1, 0.15) is 0 Å². The molecule has 2 fully saturated rings. The molecule has 94 valence electrons. The van der Waals surface area contributed by atoms with Crippen molar-refractivity contribution >= 4 is 0 Å². The van der Waals surface area contributed by atoms with Crippen LogP contribution in [0.2, 0.25) is 0 Å². The third-order valence-corrected chi connectivity index (χ3v) is 4.05. The molecule has 0 amide bonds. The molecule has 2 rings (SSSR count). The zero-order valence-corrected chi connectivity index (χ0v) is 10.4. The summed E-state index contributed by atoms with van der Waals surface area (Å²) in [5.74, 6) is 1.68. The van der Waals surface area contributed by atoms with Crippen molar-refractivity contribution in [3.63, 3.8) is 0 Å². The van der Waals surface area contributed by atoms with Crippen LogP contribution in [0.25, 0.3) is 0 Å². The summed E-state index contributed by atoms with van der Waals surface area (Å²) >= 11 is 0. The van der Waals surface area contributed by atoms with E-state index in [1.807, 2.05) is 0 Å². The second-order valence-corrected chi connectivity index (χ2v) is 5.40. The highest BCUT2D eigenvalue weighted by Gasteiger charge is 2.22. The number of hydrogen-bond acceptors (Lipinski definition) is 3. The van der Waals surface area contributed by atoms with E-state index in [0.717, 1.165) is 31.6 Å². The minimum Gasteiger partial charge on any atom is -0.381 e. The van der Waals surface area contributed by atoms with Gasteiger partial charge in [-0.1, -0.05) is 0 Å². The topological polar surface area (TPSA) is 38.5 Å². The van der Waals surface area contributed by atoms with Gasteiger partial charge in [-0.25, -0.2) is 0 Å². The third-order valence-electron chi connectivity index (χ3n) is 4.05. The molecule has 0 bridgehead atoms. The van der Waals surface area contributed by atoms with E-state index in [2.05, 4.69) is 4.90 Å². The van der Waals surface area contributed by atoms with Crippen LogP contribution in [-0.4, -0.2) is 44.3 Å². The Kier molecular flexibility index (Phi) is 5.07. The molecular weight excluding hydrogens is 200 g/mol. The maximum Gasteiger partial charge on any atom is 0.0506 e. The lowest BCUT2D eigenvalue weighted by molar-refractivity contribution is 0.0325. The van der Waals surface area contributed by atoms with Gasteiger partial charge in [-0.2, -0.15) is 0 Å². The van der Waals surface area contributed by atoms with Crippen LogP contribution in [0.4, 0.5) is 0 Å². The van der Waals surface area contributed by atoms with Crippen LogP contribution in [0, 0.1) is 11.8 Å². The van der Waals surface area contributed by atoms with Gasteiger partial charge in [-0.15, -0.1) is 0 Å². The molecule has 3 nitrogen and oxygen atoms in total. The van der Waals surface area contributed by atoms with E-state index in [1.165, 1.54) is 51.7 Å². The largest absolute Gasteiger partial charge is 0.381 e. The van der Waals surface area contributed by atoms with Crippen LogP contribution in [0.15, 0.2) is 0 Å². The van der Waals surface area contributed by atoms with Gasteiger partial charge in [-0.3, -0.25) is 0 Å². The highest BCUT2D eigenvalue weighted by Crippen LogP contribution is 2.22. The molecule has 2 aliphatic rings. The molecule has 2 saturated heterocycles. The maximum absolute atomic E-state index is 5.61. The number of nitrogens with zero attached hydrogens (tertiary/aromatic N) is 1. The van der Waals surface area contributed by atoms with Crippen molar-refractivity contribution in [2.24, 2.45) is 17.6 Å². The fourth-order valence-corrected chi connectivity index (χ4v) is 3.01. The molecule has 1 atom stereocenters. The molecule has 0 spiro atoms. The first kappa shape index (κ1) is 12.3. The Morgan fingerprint density at radius 1 is 1.12 bits per heavy atom. The van der Waals surface area contributed by atoms with Crippen molar-refractivity contribution in [2.75, 3.05) is 39.4 Å². The monoisotopic (exact) mass is 226 g/mol. The second kappa shape index (κ2) is 6.58. The predicted molar refractivity (Wildman–Crippen MR) is 66.4 cm³/mol. The van der Waals surface area contributed by atoms with Crippen molar-refractivity contribution in [1.29, 1.82) is 0 Å². The maximum atomic E-state index is 5.61. The molecule has 2 heterocycles. The second-order valence-electron chi connectivity index (χ2n) is 5.40. The van der Waals surface area contributed by atoms with E-state index < -0.39 is 0 Å². The van der Waals surface area contributed by atoms with Crippen LogP contribution in [0.5, 0.6) is 0 Å². The van der Waals surface area contributed by atoms with E-state index in [-0.39, 0.29) is 0 Å². The number of rotatable bonds is 4. The van der Waals surface area contributed by atoms with Gasteiger partial charge in [0.15, 0.2) is 0 Å². The van der Waals surface area contributed by atoms with Gasteiger partial charge in [0.05, 0.1) is 6.61 Å². The normalized spacial score (nSPS) is 29.4. The van der Waals surface area contributed by atoms with Crippen LogP contribution in [-0.2, 0) is 4.74 Å². The van der Waals surface area contributed by atoms with Gasteiger partial charge in [-0.05, 0) is 63.6 Å². The summed E-state index contributed by atoms with van der Waals surface area (Å²) in [5.41, 5.74) is 5.61. The van der Waals surface area contributed by atoms with Gasteiger partial charge < -0.3 is 15.4 Å². The van der Waals surface area contributed by atoms with Gasteiger partial charge >= 0.3 is 0 Å². The summed E-state index contributed by atoms with van der Waals surface area (Å²) in [6, 6.07) is 0. The minimum atomic E-state index is 0.791. The van der Waals surface area contributed by atoms with Crippen molar-refractivity contribution in [3.05, 3.63) is 0 Å². The minimum absolute atomic E-state index is 0.791. The molecule has 1 unspecified atom stereocenters. The average Bonchev–Trinajstić information content (AvgIpc) is 2.33. The molecule has 0 aromatic heterocycles. The van der Waals surface area contributed by atoms with Crippen molar-refractivity contribution in [2.45, 2.75) is 32.1 Å². The summed E-state index contributed by atoms with van der Waals surface area (Å²) in [6.07, 6.45) is 6.55. The Morgan fingerprint density at radius 3 is 2.56 bits per heavy atom. The Morgan fingerprint density at radius 2 is 1.94 bits per heavy atom. The zero-order chi connectivity index (χ0) is 11.2. The fraction of sp³-hybridized carbons (Fsp3) is 1.00. The van der Waals surface area contributed by atoms with Crippen LogP contribution >= 0.6 is 0 Å². The molecule has 2 aliphatic heterocycles. The molecule has 0 aromatic rings. The molecular formula is C13H26N2O. The fourth-order valence-electron chi connectivity index (χ4n) is 3.01. The standard InChI is InChI=1S/C13H26N2O/c14-6-3-12-4-7-15(8-5-12)10-13-2-1-9-16-11-13/h12-13H,1-11,14H2. The summed E-state index contributed by atoms with van der Waals surface area (Å²) in [4.78, 5) is 2.63. The number of nitrogens with two attached hydrogens (primary N) is 1. The first-order valence-corrected chi connectivity index (χ1v) is 6.88. The van der Waals surface area contributed by atoms with E-state index in [9.17, 15) is 0 Å². The average molecular weight is 226 g/mol. The molecule has 0 aromatic carbocycles. The predicted octanol–water partition coefficient (Wildman–Crippen LogP) is 1.47. The zero-order valence-electron chi connectivity index (χ0n) is 10.4. The van der Waals surface area contributed by atoms with E-state index in [0.29, 0.717) is 0 Å². The number of likely N-dealkylation sites (tertiary alicyclic amines) is 1. The van der Waals surface area contributed by atoms with E-state index in [4.69, 9.17) is 10.5 Å². The first-order valence-electron chi connectivity index (χ1n) is 6.88. The summed E-state index contributed by atoms with van der Waals surface area (Å²) in [5, 5.41) is 0. The van der Waals surface area contributed by atoms with Gasteiger partial charge in [0.2, 0.25) is 0 Å². The molecule has 0 radical (unpaired) electrons. The lowest BCUT2D eigenvalue weighted by atomic mass is 9.92. The highest BCUT2D eigenvalue weighted by molar-refractivity contribution is 4.75. The first-order chi connectivity index (χ1) is 7.88. The van der Waals surface area contributed by atoms with Crippen molar-refractivity contribution in [1.82, 2.24) is 4.90 Å². The molecule has 2 N–H and O–H groups in total. The smallest absolute Gasteiger partial charge is 0.0506 e. The lowest BCUT2D eigenvalue weighted by Gasteiger charge is -2.35. The van der Waals surface area contributed by atoms with Gasteiger partial charge in [0.25, 0.3) is 0 Å². The SMILES string of the molecule is NCCC1CCN(CC2CCCOC2)CC1. The van der Waals surface area contributed by atoms with Gasteiger partial charge in [0, 0.05) is 13.2 Å². The van der Waals surface area contributed by atoms with Crippen LogP contribution in [0.1, 0.15) is 32.1 Å². The quantitative estimate of drug-likeness (QED) is 0.789. The lowest BCUT2D eigenvalue weighted by Crippen LogP contribution is -2.39. The Bertz CT molecular complexity index is 184. The highest BCUT2D eigenvalue weighted by atomic mass is 16.5. The number of ether oxygens (including phenoxy) is 1. The van der Waals surface area contributed by atoms with E-state index in [1.54, 1.807) is 0 Å². The molecule has 16 heavy (non-hydrogen) atoms. The Balaban J connectivity index is 1.64. The number of piperidine rings is 1. The Labute approximate surface area is 99.3 Å². The molecule has 0 saturated carbocycles. The van der Waals surface area contributed by atoms with Crippen LogP contribution in [0.3, 0.4) is 0 Å². The molecule has 0 aliphatic carbocycles. The summed E-state index contributed by atoms with van der Waals surface area (Å²) < 4.78 is 5.54. The third kappa shape index (κ3) is 3.72. The Hall–Kier alpha value is -0.120. The summed E-state index contributed by atoms with van der Waals surface area (Å²) in [6.45, 7) is 6.65. The molecule has 3 heteroatoms. The number of hydrogen-bond donors (Lipinski definition) is 1. The van der Waals surface area contributed by atoms with Crippen molar-refractivity contribution in [3.8, 4) is 0 Å².